The number of aliphatic hydroxyl groups is 1. The van der Waals surface area contributed by atoms with Gasteiger partial charge in [-0.05, 0) is 26.7 Å². The summed E-state index contributed by atoms with van der Waals surface area (Å²) < 4.78 is 4.73. The average molecular weight is 204 g/mol. The fourth-order valence-electron chi connectivity index (χ4n) is 0.875. The van der Waals surface area contributed by atoms with Gasteiger partial charge in [0.05, 0.1) is 6.10 Å². The van der Waals surface area contributed by atoms with Gasteiger partial charge in [0.2, 0.25) is 0 Å². The summed E-state index contributed by atoms with van der Waals surface area (Å²) >= 11 is 0. The Hall–Kier alpha value is -1.10. The van der Waals surface area contributed by atoms with Crippen LogP contribution in [0.1, 0.15) is 33.1 Å². The second-order valence-corrected chi connectivity index (χ2v) is 3.29. The van der Waals surface area contributed by atoms with Crippen molar-refractivity contribution in [3.05, 3.63) is 0 Å². The van der Waals surface area contributed by atoms with E-state index in [4.69, 9.17) is 9.84 Å². The third-order valence-electron chi connectivity index (χ3n) is 1.49. The van der Waals surface area contributed by atoms with Gasteiger partial charge in [-0.25, -0.2) is 4.79 Å². The predicted molar refractivity (Wildman–Crippen MR) is 48.7 cm³/mol. The number of carboxylic acids is 1. The van der Waals surface area contributed by atoms with Crippen LogP contribution in [0.25, 0.3) is 0 Å². The van der Waals surface area contributed by atoms with Crippen molar-refractivity contribution in [3.8, 4) is 0 Å². The summed E-state index contributed by atoms with van der Waals surface area (Å²) in [5.74, 6) is -1.63. The van der Waals surface area contributed by atoms with E-state index in [-0.39, 0.29) is 25.4 Å². The van der Waals surface area contributed by atoms with Gasteiger partial charge in [0.15, 0.2) is 6.10 Å². The van der Waals surface area contributed by atoms with E-state index in [0.717, 1.165) is 0 Å². The van der Waals surface area contributed by atoms with Crippen LogP contribution in [0.4, 0.5) is 0 Å². The molecule has 0 heterocycles. The first-order valence-corrected chi connectivity index (χ1v) is 4.54. The lowest BCUT2D eigenvalue weighted by Crippen LogP contribution is -2.25. The summed E-state index contributed by atoms with van der Waals surface area (Å²) in [6.45, 7) is 3.36. The topological polar surface area (TPSA) is 83.8 Å². The fourth-order valence-corrected chi connectivity index (χ4v) is 0.875. The zero-order valence-electron chi connectivity index (χ0n) is 8.40. The molecular weight excluding hydrogens is 188 g/mol. The van der Waals surface area contributed by atoms with E-state index in [2.05, 4.69) is 0 Å². The zero-order chi connectivity index (χ0) is 11.1. The summed E-state index contributed by atoms with van der Waals surface area (Å²) in [7, 11) is 0. The molecule has 0 spiro atoms. The SMILES string of the molecule is CC(C)OC(=O)C(O)CCCC(=O)O. The van der Waals surface area contributed by atoms with Crippen LogP contribution >= 0.6 is 0 Å². The molecule has 0 aliphatic carbocycles. The van der Waals surface area contributed by atoms with E-state index in [1.807, 2.05) is 0 Å². The molecule has 0 aromatic carbocycles. The summed E-state index contributed by atoms with van der Waals surface area (Å²) in [6, 6.07) is 0. The standard InChI is InChI=1S/C9H16O5/c1-6(2)14-9(13)7(10)4-3-5-8(11)12/h6-7,10H,3-5H2,1-2H3,(H,11,12). The van der Waals surface area contributed by atoms with E-state index < -0.39 is 18.0 Å². The normalized spacial score (nSPS) is 12.6. The summed E-state index contributed by atoms with van der Waals surface area (Å²) in [5, 5.41) is 17.5. The van der Waals surface area contributed by atoms with Crippen molar-refractivity contribution in [1.82, 2.24) is 0 Å². The van der Waals surface area contributed by atoms with Crippen molar-refractivity contribution in [3.63, 3.8) is 0 Å². The van der Waals surface area contributed by atoms with Crippen LogP contribution in [0.15, 0.2) is 0 Å². The Morgan fingerprint density at radius 3 is 2.36 bits per heavy atom. The van der Waals surface area contributed by atoms with Gasteiger partial charge in [-0.1, -0.05) is 0 Å². The van der Waals surface area contributed by atoms with Gasteiger partial charge < -0.3 is 14.9 Å². The number of aliphatic carboxylic acids is 1. The van der Waals surface area contributed by atoms with Gasteiger partial charge in [-0.2, -0.15) is 0 Å². The Labute approximate surface area is 82.7 Å². The number of ether oxygens (including phenoxy) is 1. The minimum Gasteiger partial charge on any atom is -0.481 e. The number of esters is 1. The van der Waals surface area contributed by atoms with Crippen LogP contribution in [-0.2, 0) is 14.3 Å². The highest BCUT2D eigenvalue weighted by Gasteiger charge is 2.17. The van der Waals surface area contributed by atoms with Gasteiger partial charge >= 0.3 is 11.9 Å². The molecule has 0 radical (unpaired) electrons. The van der Waals surface area contributed by atoms with Crippen LogP contribution in [0.5, 0.6) is 0 Å². The molecule has 14 heavy (non-hydrogen) atoms. The van der Waals surface area contributed by atoms with Crippen LogP contribution in [0.3, 0.4) is 0 Å². The Morgan fingerprint density at radius 1 is 1.36 bits per heavy atom. The maximum Gasteiger partial charge on any atom is 0.335 e. The second-order valence-electron chi connectivity index (χ2n) is 3.29. The van der Waals surface area contributed by atoms with Crippen LogP contribution in [-0.4, -0.2) is 34.4 Å². The minimum atomic E-state index is -1.21. The predicted octanol–water partition coefficient (Wildman–Crippen LogP) is 0.554. The Bertz CT molecular complexity index is 199. The first kappa shape index (κ1) is 12.9. The summed E-state index contributed by atoms with van der Waals surface area (Å²) in [5.41, 5.74) is 0. The number of carboxylic acid groups (broad SMARTS) is 1. The molecule has 0 rings (SSSR count). The van der Waals surface area contributed by atoms with Crippen molar-refractivity contribution in [2.75, 3.05) is 0 Å². The average Bonchev–Trinajstić information content (AvgIpc) is 2.01. The molecule has 0 saturated heterocycles. The van der Waals surface area contributed by atoms with Gasteiger partial charge in [-0.3, -0.25) is 4.79 Å². The number of carbonyl (C=O) groups is 2. The zero-order valence-corrected chi connectivity index (χ0v) is 8.40. The van der Waals surface area contributed by atoms with Gasteiger partial charge in [0.25, 0.3) is 0 Å². The lowest BCUT2D eigenvalue weighted by Gasteiger charge is -2.12. The molecule has 1 atom stereocenters. The lowest BCUT2D eigenvalue weighted by molar-refractivity contribution is -0.158. The second kappa shape index (κ2) is 6.37. The van der Waals surface area contributed by atoms with E-state index in [1.54, 1.807) is 13.8 Å². The number of carbonyl (C=O) groups excluding carboxylic acids is 1. The van der Waals surface area contributed by atoms with Crippen LogP contribution in [0.2, 0.25) is 0 Å². The van der Waals surface area contributed by atoms with Gasteiger partial charge in [-0.15, -0.1) is 0 Å². The molecule has 0 fully saturated rings. The van der Waals surface area contributed by atoms with E-state index >= 15 is 0 Å². The molecular formula is C9H16O5. The van der Waals surface area contributed by atoms with Crippen molar-refractivity contribution in [1.29, 1.82) is 0 Å². The third-order valence-corrected chi connectivity index (χ3v) is 1.49. The van der Waals surface area contributed by atoms with E-state index in [0.29, 0.717) is 0 Å². The summed E-state index contributed by atoms with van der Waals surface area (Å²) in [4.78, 5) is 21.1. The number of rotatable bonds is 6. The number of hydrogen-bond donors (Lipinski definition) is 2. The van der Waals surface area contributed by atoms with Crippen molar-refractivity contribution >= 4 is 11.9 Å². The van der Waals surface area contributed by atoms with E-state index in [1.165, 1.54) is 0 Å². The fraction of sp³-hybridized carbons (Fsp3) is 0.778. The first-order valence-electron chi connectivity index (χ1n) is 4.54. The quantitative estimate of drug-likeness (QED) is 0.617. The first-order chi connectivity index (χ1) is 6.43. The van der Waals surface area contributed by atoms with Crippen LogP contribution in [0, 0.1) is 0 Å². The molecule has 0 aliphatic rings. The molecule has 5 heteroatoms. The largest absolute Gasteiger partial charge is 0.481 e. The Balaban J connectivity index is 3.67. The van der Waals surface area contributed by atoms with Gasteiger partial charge in [0, 0.05) is 6.42 Å². The molecule has 1 unspecified atom stereocenters. The number of hydrogen-bond acceptors (Lipinski definition) is 4. The molecule has 0 aliphatic heterocycles. The maximum atomic E-state index is 11.0. The summed E-state index contributed by atoms with van der Waals surface area (Å²) in [6.07, 6.45) is -1.14. The molecule has 0 amide bonds. The molecule has 0 bridgehead atoms. The molecule has 5 nitrogen and oxygen atoms in total. The highest BCUT2D eigenvalue weighted by Crippen LogP contribution is 2.04. The molecule has 0 saturated carbocycles. The monoisotopic (exact) mass is 204 g/mol. The van der Waals surface area contributed by atoms with Crippen molar-refractivity contribution in [2.24, 2.45) is 0 Å². The molecule has 82 valence electrons. The minimum absolute atomic E-state index is 0.0496. The Morgan fingerprint density at radius 2 is 1.93 bits per heavy atom. The molecule has 0 aromatic rings. The molecule has 0 aromatic heterocycles. The third kappa shape index (κ3) is 6.42. The van der Waals surface area contributed by atoms with E-state index in [9.17, 15) is 14.7 Å². The molecule has 2 N–H and O–H groups in total. The number of aliphatic hydroxyl groups excluding tert-OH is 1. The van der Waals surface area contributed by atoms with Crippen molar-refractivity contribution < 1.29 is 24.5 Å². The van der Waals surface area contributed by atoms with Gasteiger partial charge in [0.1, 0.15) is 0 Å². The highest BCUT2D eigenvalue weighted by atomic mass is 16.6. The highest BCUT2D eigenvalue weighted by molar-refractivity contribution is 5.74. The maximum absolute atomic E-state index is 11.0. The lowest BCUT2D eigenvalue weighted by atomic mass is 10.1. The Kier molecular flexibility index (Phi) is 5.87. The van der Waals surface area contributed by atoms with Crippen LogP contribution < -0.4 is 0 Å². The smallest absolute Gasteiger partial charge is 0.335 e. The van der Waals surface area contributed by atoms with Crippen molar-refractivity contribution in [2.45, 2.75) is 45.3 Å².